The molecule has 0 amide bonds. The predicted octanol–water partition coefficient (Wildman–Crippen LogP) is 0.721. The number of carbonyl (C=O) groups excluding carboxylic acids is 1. The first-order valence-electron chi connectivity index (χ1n) is 5.93. The lowest BCUT2D eigenvalue weighted by Crippen LogP contribution is -2.22. The smallest absolute Gasteiger partial charge is 0.340 e. The number of rotatable bonds is 3. The van der Waals surface area contributed by atoms with Gasteiger partial charge in [0.25, 0.3) is 0 Å². The molecule has 0 atom stereocenters. The van der Waals surface area contributed by atoms with Gasteiger partial charge in [-0.15, -0.1) is 0 Å². The van der Waals surface area contributed by atoms with E-state index in [9.17, 15) is 13.2 Å². The molecule has 2 rings (SSSR count). The molecular weight excluding hydrogens is 268 g/mol. The first kappa shape index (κ1) is 13.8. The summed E-state index contributed by atoms with van der Waals surface area (Å²) in [6.45, 7) is 1.69. The lowest BCUT2D eigenvalue weighted by atomic mass is 10.1. The molecule has 0 unspecified atom stereocenters. The Hall–Kier alpha value is -1.60. The number of primary sulfonamides is 1. The highest BCUT2D eigenvalue weighted by atomic mass is 32.2. The Kier molecular flexibility index (Phi) is 3.77. The number of benzene rings is 1. The normalized spacial score (nSPS) is 15.6. The van der Waals surface area contributed by atoms with Gasteiger partial charge in [0.2, 0.25) is 10.0 Å². The number of nitrogens with zero attached hydrogens (tertiary/aromatic N) is 1. The summed E-state index contributed by atoms with van der Waals surface area (Å²) < 4.78 is 27.4. The van der Waals surface area contributed by atoms with Crippen molar-refractivity contribution in [3.63, 3.8) is 0 Å². The minimum absolute atomic E-state index is 0.0872. The first-order valence-corrected chi connectivity index (χ1v) is 7.48. The summed E-state index contributed by atoms with van der Waals surface area (Å²) in [4.78, 5) is 13.7. The molecule has 104 valence electrons. The molecule has 1 aliphatic heterocycles. The number of esters is 1. The molecule has 0 radical (unpaired) electrons. The summed E-state index contributed by atoms with van der Waals surface area (Å²) in [5.41, 5.74) is 0.924. The molecule has 2 N–H and O–H groups in total. The van der Waals surface area contributed by atoms with Gasteiger partial charge in [0.15, 0.2) is 0 Å². The van der Waals surface area contributed by atoms with Gasteiger partial charge in [0.05, 0.1) is 23.3 Å². The van der Waals surface area contributed by atoms with Crippen LogP contribution in [0.5, 0.6) is 0 Å². The van der Waals surface area contributed by atoms with E-state index in [2.05, 4.69) is 0 Å². The summed E-state index contributed by atoms with van der Waals surface area (Å²) in [5.74, 6) is -0.563. The Balaban J connectivity index is 2.51. The number of ether oxygens (including phenoxy) is 1. The minimum atomic E-state index is -3.83. The van der Waals surface area contributed by atoms with E-state index in [0.29, 0.717) is 5.69 Å². The standard InChI is InChI=1S/C12H16N2O4S/c1-18-12(15)10-8-9(19(13,16)17)4-5-11(10)14-6-2-3-7-14/h4-5,8H,2-3,6-7H2,1H3,(H2,13,16,17). The average molecular weight is 284 g/mol. The Labute approximate surface area is 112 Å². The number of carbonyl (C=O) groups is 1. The van der Waals surface area contributed by atoms with Crippen molar-refractivity contribution in [3.8, 4) is 0 Å². The van der Waals surface area contributed by atoms with Gasteiger partial charge in [0, 0.05) is 13.1 Å². The Bertz CT molecular complexity index is 592. The van der Waals surface area contributed by atoms with E-state index < -0.39 is 16.0 Å². The van der Waals surface area contributed by atoms with Crippen LogP contribution in [0.1, 0.15) is 23.2 Å². The molecule has 1 aromatic rings. The SMILES string of the molecule is COC(=O)c1cc(S(N)(=O)=O)ccc1N1CCCC1. The van der Waals surface area contributed by atoms with Crippen molar-refractivity contribution in [3.05, 3.63) is 23.8 Å². The second-order valence-corrected chi connectivity index (χ2v) is 5.97. The molecular formula is C12H16N2O4S. The Morgan fingerprint density at radius 2 is 1.95 bits per heavy atom. The number of anilines is 1. The molecule has 1 saturated heterocycles. The predicted molar refractivity (Wildman–Crippen MR) is 70.6 cm³/mol. The molecule has 0 aliphatic carbocycles. The molecule has 1 heterocycles. The number of hydrogen-bond acceptors (Lipinski definition) is 5. The van der Waals surface area contributed by atoms with Gasteiger partial charge in [-0.1, -0.05) is 0 Å². The fourth-order valence-electron chi connectivity index (χ4n) is 2.20. The third-order valence-corrected chi connectivity index (χ3v) is 4.06. The molecule has 0 spiro atoms. The van der Waals surface area contributed by atoms with Gasteiger partial charge in [-0.25, -0.2) is 18.4 Å². The van der Waals surface area contributed by atoms with Crippen molar-refractivity contribution in [1.29, 1.82) is 0 Å². The van der Waals surface area contributed by atoms with Crippen molar-refractivity contribution in [1.82, 2.24) is 0 Å². The van der Waals surface area contributed by atoms with E-state index in [1.54, 1.807) is 6.07 Å². The van der Waals surface area contributed by atoms with E-state index in [0.717, 1.165) is 25.9 Å². The van der Waals surface area contributed by atoms with E-state index in [1.807, 2.05) is 4.90 Å². The fourth-order valence-corrected chi connectivity index (χ4v) is 2.74. The molecule has 0 aromatic heterocycles. The van der Waals surface area contributed by atoms with E-state index in [4.69, 9.17) is 9.88 Å². The number of nitrogens with two attached hydrogens (primary N) is 1. The zero-order valence-electron chi connectivity index (χ0n) is 10.6. The van der Waals surface area contributed by atoms with E-state index in [1.165, 1.54) is 19.2 Å². The second kappa shape index (κ2) is 5.18. The molecule has 0 bridgehead atoms. The summed E-state index contributed by atoms with van der Waals surface area (Å²) in [6, 6.07) is 4.29. The van der Waals surface area contributed by atoms with Crippen LogP contribution in [0.25, 0.3) is 0 Å². The molecule has 6 nitrogen and oxygen atoms in total. The Morgan fingerprint density at radius 1 is 1.32 bits per heavy atom. The second-order valence-electron chi connectivity index (χ2n) is 4.41. The van der Waals surface area contributed by atoms with Gasteiger partial charge in [-0.3, -0.25) is 0 Å². The summed E-state index contributed by atoms with van der Waals surface area (Å²) in [7, 11) is -2.57. The van der Waals surface area contributed by atoms with Crippen LogP contribution in [-0.4, -0.2) is 34.6 Å². The summed E-state index contributed by atoms with van der Waals surface area (Å²) in [6.07, 6.45) is 2.11. The van der Waals surface area contributed by atoms with Crippen LogP contribution >= 0.6 is 0 Å². The van der Waals surface area contributed by atoms with Gasteiger partial charge in [-0.2, -0.15) is 0 Å². The van der Waals surface area contributed by atoms with Crippen LogP contribution in [0.15, 0.2) is 23.1 Å². The number of sulfonamides is 1. The molecule has 19 heavy (non-hydrogen) atoms. The third-order valence-electron chi connectivity index (χ3n) is 3.15. The van der Waals surface area contributed by atoms with Gasteiger partial charge >= 0.3 is 5.97 Å². The van der Waals surface area contributed by atoms with Gasteiger partial charge in [-0.05, 0) is 31.0 Å². The molecule has 0 saturated carbocycles. The molecule has 1 aliphatic rings. The maximum Gasteiger partial charge on any atom is 0.340 e. The fraction of sp³-hybridized carbons (Fsp3) is 0.417. The van der Waals surface area contributed by atoms with Crippen LogP contribution in [0.2, 0.25) is 0 Å². The lowest BCUT2D eigenvalue weighted by molar-refractivity contribution is 0.0601. The lowest BCUT2D eigenvalue weighted by Gasteiger charge is -2.20. The van der Waals surface area contributed by atoms with Crippen LogP contribution < -0.4 is 10.0 Å². The average Bonchev–Trinajstić information content (AvgIpc) is 2.89. The molecule has 1 fully saturated rings. The highest BCUT2D eigenvalue weighted by Crippen LogP contribution is 2.27. The zero-order valence-corrected chi connectivity index (χ0v) is 11.4. The maximum atomic E-state index is 11.8. The highest BCUT2D eigenvalue weighted by Gasteiger charge is 2.22. The van der Waals surface area contributed by atoms with Crippen molar-refractivity contribution in [2.75, 3.05) is 25.1 Å². The quantitative estimate of drug-likeness (QED) is 0.826. The first-order chi connectivity index (χ1) is 8.93. The maximum absolute atomic E-state index is 11.8. The van der Waals surface area contributed by atoms with Crippen LogP contribution in [-0.2, 0) is 14.8 Å². The van der Waals surface area contributed by atoms with Crippen LogP contribution in [0.4, 0.5) is 5.69 Å². The van der Waals surface area contributed by atoms with E-state index >= 15 is 0 Å². The Morgan fingerprint density at radius 3 is 2.47 bits per heavy atom. The molecule has 1 aromatic carbocycles. The largest absolute Gasteiger partial charge is 0.465 e. The molecule has 7 heteroatoms. The summed E-state index contributed by atoms with van der Waals surface area (Å²) in [5, 5.41) is 5.08. The third kappa shape index (κ3) is 2.87. The van der Waals surface area contributed by atoms with E-state index in [-0.39, 0.29) is 10.5 Å². The van der Waals surface area contributed by atoms with Crippen molar-refractivity contribution >= 4 is 21.7 Å². The monoisotopic (exact) mass is 284 g/mol. The zero-order chi connectivity index (χ0) is 14.0. The number of hydrogen-bond donors (Lipinski definition) is 1. The summed E-state index contributed by atoms with van der Waals surface area (Å²) >= 11 is 0. The van der Waals surface area contributed by atoms with Crippen molar-refractivity contribution < 1.29 is 17.9 Å². The van der Waals surface area contributed by atoms with Crippen LogP contribution in [0, 0.1) is 0 Å². The van der Waals surface area contributed by atoms with Crippen LogP contribution in [0.3, 0.4) is 0 Å². The van der Waals surface area contributed by atoms with Gasteiger partial charge < -0.3 is 9.64 Å². The van der Waals surface area contributed by atoms with Gasteiger partial charge in [0.1, 0.15) is 0 Å². The van der Waals surface area contributed by atoms with Crippen molar-refractivity contribution in [2.24, 2.45) is 5.14 Å². The number of methoxy groups -OCH3 is 1. The van der Waals surface area contributed by atoms with Crippen molar-refractivity contribution in [2.45, 2.75) is 17.7 Å². The minimum Gasteiger partial charge on any atom is -0.465 e. The highest BCUT2D eigenvalue weighted by molar-refractivity contribution is 7.89. The topological polar surface area (TPSA) is 89.7 Å².